The van der Waals surface area contributed by atoms with E-state index in [1.807, 2.05) is 47.2 Å². The summed E-state index contributed by atoms with van der Waals surface area (Å²) in [5.41, 5.74) is -0.706. The Morgan fingerprint density at radius 1 is 1.17 bits per heavy atom. The molecule has 2 fully saturated rings. The number of hydroxylamine groups is 2. The largest absolute Gasteiger partial charge is 0.494 e. The first-order chi connectivity index (χ1) is 14.1. The van der Waals surface area contributed by atoms with Gasteiger partial charge in [0.15, 0.2) is 0 Å². The zero-order valence-corrected chi connectivity index (χ0v) is 17.3. The van der Waals surface area contributed by atoms with E-state index in [1.54, 1.807) is 0 Å². The first-order valence-corrected chi connectivity index (χ1v) is 10.6. The molecule has 0 saturated carbocycles. The summed E-state index contributed by atoms with van der Waals surface area (Å²) in [4.78, 5) is 32.9. The Kier molecular flexibility index (Phi) is 7.89. The smallest absolute Gasteiger partial charge is 0.314 e. The molecule has 0 spiro atoms. The van der Waals surface area contributed by atoms with Crippen LogP contribution >= 0.6 is 0 Å². The Bertz CT molecular complexity index is 662. The molecule has 1 aromatic rings. The summed E-state index contributed by atoms with van der Waals surface area (Å²) in [5, 5.41) is 1.86. The first-order valence-electron chi connectivity index (χ1n) is 10.6. The summed E-state index contributed by atoms with van der Waals surface area (Å²) in [5.74, 6) is 0.621. The normalized spacial score (nSPS) is 22.4. The molecular formula is C22H32N2O5. The number of ether oxygens (including phenoxy) is 2. The Balaban J connectivity index is 1.59. The van der Waals surface area contributed by atoms with E-state index < -0.39 is 5.41 Å². The molecule has 29 heavy (non-hydrogen) atoms. The maximum Gasteiger partial charge on any atom is 0.314 e. The fourth-order valence-corrected chi connectivity index (χ4v) is 4.04. The van der Waals surface area contributed by atoms with Crippen LogP contribution in [0.2, 0.25) is 0 Å². The summed E-state index contributed by atoms with van der Waals surface area (Å²) in [7, 11) is 0. The third-order valence-corrected chi connectivity index (χ3v) is 5.63. The number of carbonyl (C=O) groups is 2. The highest BCUT2D eigenvalue weighted by Crippen LogP contribution is 2.35. The molecule has 1 unspecified atom stereocenters. The quantitative estimate of drug-likeness (QED) is 0.590. The van der Waals surface area contributed by atoms with E-state index in [0.29, 0.717) is 52.1 Å². The fourth-order valence-electron chi connectivity index (χ4n) is 4.04. The third-order valence-electron chi connectivity index (χ3n) is 5.63. The van der Waals surface area contributed by atoms with E-state index in [2.05, 4.69) is 0 Å². The minimum Gasteiger partial charge on any atom is -0.494 e. The van der Waals surface area contributed by atoms with Crippen LogP contribution in [0.4, 0.5) is 0 Å². The zero-order chi connectivity index (χ0) is 20.5. The molecule has 0 N–H and O–H groups in total. The third kappa shape index (κ3) is 5.93. The second kappa shape index (κ2) is 10.6. The van der Waals surface area contributed by atoms with Gasteiger partial charge in [-0.15, -0.1) is 0 Å². The number of nitrogens with zero attached hydrogens (tertiary/aromatic N) is 2. The van der Waals surface area contributed by atoms with Crippen molar-refractivity contribution in [3.8, 4) is 5.75 Å². The van der Waals surface area contributed by atoms with E-state index >= 15 is 0 Å². The molecule has 3 rings (SSSR count). The number of likely N-dealkylation sites (tertiary alicyclic amines) is 1. The van der Waals surface area contributed by atoms with E-state index in [0.717, 1.165) is 31.7 Å². The molecule has 1 amide bonds. The van der Waals surface area contributed by atoms with E-state index in [9.17, 15) is 9.59 Å². The molecule has 1 aromatic carbocycles. The standard InChI is InChI=1S/C22H32N2O5/c1-2-27-21(26)22(12-17-28-19-8-4-3-5-9-19)11-6-13-23(18-22)20(25)10-15-24-14-7-16-29-24/h3-5,8-9H,2,6-7,10-18H2,1H3. The zero-order valence-electron chi connectivity index (χ0n) is 17.3. The Labute approximate surface area is 172 Å². The van der Waals surface area contributed by atoms with Crippen molar-refractivity contribution in [1.29, 1.82) is 0 Å². The average molecular weight is 405 g/mol. The summed E-state index contributed by atoms with van der Waals surface area (Å²) in [6, 6.07) is 9.57. The topological polar surface area (TPSA) is 68.3 Å². The van der Waals surface area contributed by atoms with Crippen LogP contribution in [0.25, 0.3) is 0 Å². The number of piperidine rings is 1. The molecule has 2 aliphatic rings. The van der Waals surface area contributed by atoms with Gasteiger partial charge in [-0.25, -0.2) is 0 Å². The minimum atomic E-state index is -0.706. The molecule has 0 radical (unpaired) electrons. The lowest BCUT2D eigenvalue weighted by atomic mass is 9.77. The number of para-hydroxylation sites is 1. The second-order valence-electron chi connectivity index (χ2n) is 7.70. The summed E-state index contributed by atoms with van der Waals surface area (Å²) in [6.45, 7) is 5.83. The summed E-state index contributed by atoms with van der Waals surface area (Å²) >= 11 is 0. The Morgan fingerprint density at radius 3 is 2.72 bits per heavy atom. The molecule has 160 valence electrons. The number of amides is 1. The number of benzene rings is 1. The Hall–Kier alpha value is -2.12. The van der Waals surface area contributed by atoms with Gasteiger partial charge in [0.25, 0.3) is 0 Å². The highest BCUT2D eigenvalue weighted by Gasteiger charge is 2.44. The first kappa shape index (κ1) is 21.6. The average Bonchev–Trinajstić information content (AvgIpc) is 3.27. The van der Waals surface area contributed by atoms with Crippen LogP contribution in [0.5, 0.6) is 5.75 Å². The van der Waals surface area contributed by atoms with Crippen LogP contribution in [0, 0.1) is 5.41 Å². The molecule has 7 heteroatoms. The lowest BCUT2D eigenvalue weighted by Crippen LogP contribution is -2.51. The predicted molar refractivity (Wildman–Crippen MR) is 108 cm³/mol. The maximum absolute atomic E-state index is 12.9. The Morgan fingerprint density at radius 2 is 2.00 bits per heavy atom. The summed E-state index contributed by atoms with van der Waals surface area (Å²) in [6.07, 6.45) is 3.43. The van der Waals surface area contributed by atoms with E-state index in [-0.39, 0.29) is 11.9 Å². The molecule has 0 aliphatic carbocycles. The van der Waals surface area contributed by atoms with Crippen molar-refractivity contribution in [2.24, 2.45) is 5.41 Å². The van der Waals surface area contributed by atoms with Gasteiger partial charge in [0.1, 0.15) is 5.75 Å². The van der Waals surface area contributed by atoms with Crippen LogP contribution in [0.3, 0.4) is 0 Å². The number of hydrogen-bond acceptors (Lipinski definition) is 6. The highest BCUT2D eigenvalue weighted by atomic mass is 16.7. The van der Waals surface area contributed by atoms with Crippen molar-refractivity contribution < 1.29 is 23.9 Å². The molecule has 2 aliphatic heterocycles. The van der Waals surface area contributed by atoms with Gasteiger partial charge in [-0.05, 0) is 44.7 Å². The van der Waals surface area contributed by atoms with Crippen molar-refractivity contribution in [2.75, 3.05) is 46.0 Å². The van der Waals surface area contributed by atoms with Crippen molar-refractivity contribution in [3.05, 3.63) is 30.3 Å². The molecule has 0 aromatic heterocycles. The van der Waals surface area contributed by atoms with Gasteiger partial charge >= 0.3 is 5.97 Å². The summed E-state index contributed by atoms with van der Waals surface area (Å²) < 4.78 is 11.2. The minimum absolute atomic E-state index is 0.0675. The monoisotopic (exact) mass is 404 g/mol. The molecule has 0 bridgehead atoms. The molecular weight excluding hydrogens is 372 g/mol. The van der Waals surface area contributed by atoms with Crippen molar-refractivity contribution >= 4 is 11.9 Å². The lowest BCUT2D eigenvalue weighted by molar-refractivity contribution is -0.162. The fraction of sp³-hybridized carbons (Fsp3) is 0.636. The van der Waals surface area contributed by atoms with Gasteiger partial charge in [0.05, 0.1) is 25.2 Å². The van der Waals surface area contributed by atoms with Crippen LogP contribution in [0.15, 0.2) is 30.3 Å². The lowest BCUT2D eigenvalue weighted by Gasteiger charge is -2.41. The molecule has 2 heterocycles. The van der Waals surface area contributed by atoms with E-state index in [4.69, 9.17) is 14.3 Å². The van der Waals surface area contributed by atoms with Crippen molar-refractivity contribution in [3.63, 3.8) is 0 Å². The van der Waals surface area contributed by atoms with E-state index in [1.165, 1.54) is 0 Å². The molecule has 1 atom stereocenters. The van der Waals surface area contributed by atoms with Gasteiger partial charge in [0, 0.05) is 32.6 Å². The van der Waals surface area contributed by atoms with Gasteiger partial charge in [0.2, 0.25) is 5.91 Å². The maximum atomic E-state index is 12.9. The van der Waals surface area contributed by atoms with Crippen LogP contribution in [0.1, 0.15) is 39.0 Å². The van der Waals surface area contributed by atoms with Gasteiger partial charge < -0.3 is 14.4 Å². The number of hydrogen-bond donors (Lipinski definition) is 0. The SMILES string of the molecule is CCOC(=O)C1(CCOc2ccccc2)CCCN(C(=O)CCN2CCCO2)C1. The molecule has 2 saturated heterocycles. The predicted octanol–water partition coefficient (Wildman–Crippen LogP) is 2.65. The second-order valence-corrected chi connectivity index (χ2v) is 7.70. The number of rotatable bonds is 9. The van der Waals surface area contributed by atoms with Crippen LogP contribution in [-0.2, 0) is 19.2 Å². The number of carbonyl (C=O) groups excluding carboxylic acids is 2. The van der Waals surface area contributed by atoms with Crippen LogP contribution in [-0.4, -0.2) is 67.8 Å². The van der Waals surface area contributed by atoms with Gasteiger partial charge in [-0.3, -0.25) is 14.4 Å². The highest BCUT2D eigenvalue weighted by molar-refractivity contribution is 5.81. The van der Waals surface area contributed by atoms with Gasteiger partial charge in [-0.1, -0.05) is 18.2 Å². The van der Waals surface area contributed by atoms with Gasteiger partial charge in [-0.2, -0.15) is 5.06 Å². The number of esters is 1. The molecule has 7 nitrogen and oxygen atoms in total. The van der Waals surface area contributed by atoms with Crippen molar-refractivity contribution in [2.45, 2.75) is 39.0 Å². The van der Waals surface area contributed by atoms with Crippen LogP contribution < -0.4 is 4.74 Å². The van der Waals surface area contributed by atoms with Crippen molar-refractivity contribution in [1.82, 2.24) is 9.96 Å².